The number of alkyl carbamates (subject to hydrolysis) is 1. The summed E-state index contributed by atoms with van der Waals surface area (Å²) in [7, 11) is 0. The SMILES string of the molecule is CC(C)CC(NC(=O)OC1(Cc2ccccc2)CCC1)C(=O)NC(C[C@@H]1CCNC1=O)C(=O)CCl. The molecule has 2 unspecified atom stereocenters. The molecule has 9 heteroatoms. The molecule has 0 aromatic heterocycles. The fourth-order valence-electron chi connectivity index (χ4n) is 4.72. The summed E-state index contributed by atoms with van der Waals surface area (Å²) < 4.78 is 5.86. The maximum absolute atomic E-state index is 13.2. The number of amides is 3. The first-order valence-electron chi connectivity index (χ1n) is 12.4. The zero-order valence-electron chi connectivity index (χ0n) is 20.5. The second-order valence-electron chi connectivity index (χ2n) is 10.1. The molecule has 1 aromatic carbocycles. The topological polar surface area (TPSA) is 114 Å². The highest BCUT2D eigenvalue weighted by molar-refractivity contribution is 6.28. The van der Waals surface area contributed by atoms with E-state index in [1.54, 1.807) is 0 Å². The molecule has 192 valence electrons. The van der Waals surface area contributed by atoms with Crippen molar-refractivity contribution in [1.82, 2.24) is 16.0 Å². The molecule has 0 bridgehead atoms. The molecule has 3 rings (SSSR count). The summed E-state index contributed by atoms with van der Waals surface area (Å²) >= 11 is 5.77. The lowest BCUT2D eigenvalue weighted by molar-refractivity contribution is -0.129. The van der Waals surface area contributed by atoms with Gasteiger partial charge in [0.25, 0.3) is 0 Å². The van der Waals surface area contributed by atoms with Gasteiger partial charge in [-0.25, -0.2) is 4.79 Å². The Balaban J connectivity index is 1.64. The number of ketones is 1. The van der Waals surface area contributed by atoms with Crippen LogP contribution in [0, 0.1) is 11.8 Å². The molecule has 8 nitrogen and oxygen atoms in total. The zero-order chi connectivity index (χ0) is 25.4. The third kappa shape index (κ3) is 7.69. The van der Waals surface area contributed by atoms with Crippen molar-refractivity contribution in [2.45, 2.75) is 76.5 Å². The summed E-state index contributed by atoms with van der Waals surface area (Å²) in [4.78, 5) is 50.5. The molecule has 1 aromatic rings. The number of hydrogen-bond acceptors (Lipinski definition) is 5. The highest BCUT2D eigenvalue weighted by Gasteiger charge is 2.42. The standard InChI is InChI=1S/C26H36ClN3O5/c1-17(2)13-21(24(33)29-20(22(31)16-27)14-19-9-12-28-23(19)32)30-25(34)35-26(10-6-11-26)15-18-7-4-3-5-8-18/h3-5,7-8,17,19-21H,6,9-16H2,1-2H3,(H,28,32)(H,29,33)(H,30,34)/t19-,20?,21?/m0/s1. The average molecular weight is 506 g/mol. The van der Waals surface area contributed by atoms with Crippen LogP contribution < -0.4 is 16.0 Å². The minimum Gasteiger partial charge on any atom is -0.443 e. The van der Waals surface area contributed by atoms with Gasteiger partial charge in [-0.2, -0.15) is 0 Å². The smallest absolute Gasteiger partial charge is 0.408 e. The Bertz CT molecular complexity index is 904. The third-order valence-corrected chi connectivity index (χ3v) is 7.04. The molecule has 3 N–H and O–H groups in total. The van der Waals surface area contributed by atoms with Crippen LogP contribution in [-0.2, 0) is 25.5 Å². The van der Waals surface area contributed by atoms with Gasteiger partial charge in [-0.05, 0) is 50.0 Å². The fourth-order valence-corrected chi connectivity index (χ4v) is 4.90. The van der Waals surface area contributed by atoms with E-state index in [0.29, 0.717) is 25.8 Å². The van der Waals surface area contributed by atoms with E-state index < -0.39 is 29.7 Å². The number of hydrogen-bond donors (Lipinski definition) is 3. The minimum absolute atomic E-state index is 0.107. The van der Waals surface area contributed by atoms with Crippen LogP contribution in [0.25, 0.3) is 0 Å². The number of halogens is 1. The number of carbonyl (C=O) groups is 4. The Morgan fingerprint density at radius 2 is 1.86 bits per heavy atom. The van der Waals surface area contributed by atoms with Gasteiger partial charge in [-0.1, -0.05) is 44.2 Å². The van der Waals surface area contributed by atoms with Crippen LogP contribution in [0.1, 0.15) is 57.9 Å². The summed E-state index contributed by atoms with van der Waals surface area (Å²) in [6.45, 7) is 4.44. The molecule has 1 saturated heterocycles. The second-order valence-corrected chi connectivity index (χ2v) is 10.4. The molecule has 1 aliphatic heterocycles. The summed E-state index contributed by atoms with van der Waals surface area (Å²) in [6, 6.07) is 8.11. The van der Waals surface area contributed by atoms with E-state index in [0.717, 1.165) is 24.8 Å². The van der Waals surface area contributed by atoms with E-state index in [4.69, 9.17) is 16.3 Å². The van der Waals surface area contributed by atoms with Crippen LogP contribution in [0.15, 0.2) is 30.3 Å². The first-order chi connectivity index (χ1) is 16.7. The lowest BCUT2D eigenvalue weighted by Crippen LogP contribution is -2.54. The average Bonchev–Trinajstić information content (AvgIpc) is 3.20. The fraction of sp³-hybridized carbons (Fsp3) is 0.615. The molecular formula is C26H36ClN3O5. The molecule has 1 saturated carbocycles. The number of alkyl halides is 1. The number of rotatable bonds is 12. The zero-order valence-corrected chi connectivity index (χ0v) is 21.2. The van der Waals surface area contributed by atoms with Crippen molar-refractivity contribution in [3.8, 4) is 0 Å². The summed E-state index contributed by atoms with van der Waals surface area (Å²) in [5, 5.41) is 8.20. The Kier molecular flexibility index (Phi) is 9.55. The van der Waals surface area contributed by atoms with Crippen molar-refractivity contribution in [1.29, 1.82) is 0 Å². The van der Waals surface area contributed by atoms with Gasteiger partial charge < -0.3 is 20.7 Å². The van der Waals surface area contributed by atoms with Gasteiger partial charge in [0, 0.05) is 18.9 Å². The highest BCUT2D eigenvalue weighted by atomic mass is 35.5. The van der Waals surface area contributed by atoms with Gasteiger partial charge in [-0.15, -0.1) is 11.6 Å². The lowest BCUT2D eigenvalue weighted by Gasteiger charge is -2.41. The molecule has 0 spiro atoms. The largest absolute Gasteiger partial charge is 0.443 e. The van der Waals surface area contributed by atoms with Gasteiger partial charge in [0.2, 0.25) is 11.8 Å². The Hall–Kier alpha value is -2.61. The quantitative estimate of drug-likeness (QED) is 0.378. The molecule has 3 amide bonds. The van der Waals surface area contributed by atoms with Gasteiger partial charge in [0.1, 0.15) is 11.6 Å². The van der Waals surface area contributed by atoms with Crippen molar-refractivity contribution in [3.63, 3.8) is 0 Å². The van der Waals surface area contributed by atoms with E-state index in [-0.39, 0.29) is 35.8 Å². The normalized spacial score (nSPS) is 20.3. The number of Topliss-reactive ketones (excluding diaryl/α,β-unsaturated/α-hetero) is 1. The molecule has 3 atom stereocenters. The maximum atomic E-state index is 13.2. The van der Waals surface area contributed by atoms with Crippen LogP contribution in [0.5, 0.6) is 0 Å². The minimum atomic E-state index is -0.891. The highest BCUT2D eigenvalue weighted by Crippen LogP contribution is 2.38. The van der Waals surface area contributed by atoms with Crippen LogP contribution >= 0.6 is 11.6 Å². The van der Waals surface area contributed by atoms with Crippen molar-refractivity contribution in [2.24, 2.45) is 11.8 Å². The van der Waals surface area contributed by atoms with Crippen molar-refractivity contribution >= 4 is 35.3 Å². The van der Waals surface area contributed by atoms with E-state index in [1.807, 2.05) is 44.2 Å². The summed E-state index contributed by atoms with van der Waals surface area (Å²) in [6.07, 6.45) is 3.66. The molecule has 1 heterocycles. The van der Waals surface area contributed by atoms with E-state index in [2.05, 4.69) is 16.0 Å². The lowest BCUT2D eigenvalue weighted by atomic mass is 9.76. The molecule has 0 radical (unpaired) electrons. The number of benzene rings is 1. The molecule has 35 heavy (non-hydrogen) atoms. The summed E-state index contributed by atoms with van der Waals surface area (Å²) in [5.74, 6) is -1.49. The van der Waals surface area contributed by atoms with Gasteiger partial charge in [0.05, 0.1) is 11.9 Å². The van der Waals surface area contributed by atoms with E-state index in [1.165, 1.54) is 0 Å². The van der Waals surface area contributed by atoms with Crippen molar-refractivity contribution < 1.29 is 23.9 Å². The van der Waals surface area contributed by atoms with E-state index >= 15 is 0 Å². The van der Waals surface area contributed by atoms with Crippen molar-refractivity contribution in [3.05, 3.63) is 35.9 Å². The number of nitrogens with one attached hydrogen (secondary N) is 3. The van der Waals surface area contributed by atoms with Gasteiger partial charge >= 0.3 is 6.09 Å². The molecular weight excluding hydrogens is 470 g/mol. The molecule has 2 fully saturated rings. The number of carbonyl (C=O) groups excluding carboxylic acids is 4. The molecule has 2 aliphatic rings. The Morgan fingerprint density at radius 1 is 1.14 bits per heavy atom. The number of ether oxygens (including phenoxy) is 1. The van der Waals surface area contributed by atoms with E-state index in [9.17, 15) is 19.2 Å². The van der Waals surface area contributed by atoms with Gasteiger partial charge in [0.15, 0.2) is 5.78 Å². The predicted molar refractivity (Wildman–Crippen MR) is 133 cm³/mol. The molecule has 1 aliphatic carbocycles. The predicted octanol–water partition coefficient (Wildman–Crippen LogP) is 3.11. The first kappa shape index (κ1) is 27.0. The Labute approximate surface area is 211 Å². The van der Waals surface area contributed by atoms with Crippen molar-refractivity contribution in [2.75, 3.05) is 12.4 Å². The van der Waals surface area contributed by atoms with Crippen LogP contribution in [0.3, 0.4) is 0 Å². The Morgan fingerprint density at radius 3 is 2.40 bits per heavy atom. The van der Waals surface area contributed by atoms with Crippen LogP contribution in [-0.4, -0.2) is 53.8 Å². The third-order valence-electron chi connectivity index (χ3n) is 6.78. The first-order valence-corrected chi connectivity index (χ1v) is 12.9. The van der Waals surface area contributed by atoms with Crippen LogP contribution in [0.4, 0.5) is 4.79 Å². The monoisotopic (exact) mass is 505 g/mol. The summed E-state index contributed by atoms with van der Waals surface area (Å²) in [5.41, 5.74) is 0.520. The van der Waals surface area contributed by atoms with Crippen LogP contribution in [0.2, 0.25) is 0 Å². The second kappa shape index (κ2) is 12.4. The van der Waals surface area contributed by atoms with Gasteiger partial charge in [-0.3, -0.25) is 14.4 Å². The maximum Gasteiger partial charge on any atom is 0.408 e.